The number of halogens is 1. The Balaban J connectivity index is 2.62. The lowest BCUT2D eigenvalue weighted by Crippen LogP contribution is -2.20. The number of benzene rings is 1. The molecule has 1 aromatic rings. The summed E-state index contributed by atoms with van der Waals surface area (Å²) in [5, 5.41) is 2.78. The van der Waals surface area contributed by atoms with E-state index in [1.807, 2.05) is 6.92 Å². The van der Waals surface area contributed by atoms with Gasteiger partial charge in [0.15, 0.2) is 0 Å². The van der Waals surface area contributed by atoms with E-state index in [4.69, 9.17) is 10.5 Å². The number of carbonyl (C=O) groups is 1. The Bertz CT molecular complexity index is 475. The Morgan fingerprint density at radius 3 is 2.71 bits per heavy atom. The number of ether oxygens (including phenoxy) is 1. The van der Waals surface area contributed by atoms with Crippen molar-refractivity contribution in [1.82, 2.24) is 0 Å². The summed E-state index contributed by atoms with van der Waals surface area (Å²) in [5.41, 5.74) is 6.10. The molecule has 3 N–H and O–H groups in total. The van der Waals surface area contributed by atoms with Gasteiger partial charge in [0, 0.05) is 12.5 Å². The van der Waals surface area contributed by atoms with E-state index in [0.29, 0.717) is 31.0 Å². The molecule has 0 aliphatic rings. The third kappa shape index (κ3) is 6.12. The molecule has 4 nitrogen and oxygen atoms in total. The van der Waals surface area contributed by atoms with Crippen molar-refractivity contribution in [1.29, 1.82) is 0 Å². The van der Waals surface area contributed by atoms with E-state index in [0.717, 1.165) is 12.8 Å². The van der Waals surface area contributed by atoms with Crippen molar-refractivity contribution in [2.45, 2.75) is 40.0 Å². The van der Waals surface area contributed by atoms with Crippen LogP contribution < -0.4 is 15.8 Å². The molecular formula is C16H25FN2O2. The first-order valence-electron chi connectivity index (χ1n) is 7.30. The number of carbonyl (C=O) groups excluding carboxylic acids is 1. The second-order valence-corrected chi connectivity index (χ2v) is 5.82. The molecule has 0 atom stereocenters. The van der Waals surface area contributed by atoms with Gasteiger partial charge in [-0.3, -0.25) is 4.79 Å². The summed E-state index contributed by atoms with van der Waals surface area (Å²) in [4.78, 5) is 12.0. The van der Waals surface area contributed by atoms with E-state index in [2.05, 4.69) is 19.2 Å². The van der Waals surface area contributed by atoms with Crippen molar-refractivity contribution in [3.05, 3.63) is 24.0 Å². The van der Waals surface area contributed by atoms with E-state index < -0.39 is 0 Å². The minimum atomic E-state index is -0.388. The number of rotatable bonds is 8. The number of hydrogen-bond acceptors (Lipinski definition) is 3. The van der Waals surface area contributed by atoms with Gasteiger partial charge >= 0.3 is 0 Å². The van der Waals surface area contributed by atoms with Crippen molar-refractivity contribution in [2.75, 3.05) is 18.5 Å². The van der Waals surface area contributed by atoms with E-state index in [1.165, 1.54) is 18.2 Å². The summed E-state index contributed by atoms with van der Waals surface area (Å²) >= 11 is 0. The first-order valence-corrected chi connectivity index (χ1v) is 7.30. The highest BCUT2D eigenvalue weighted by molar-refractivity contribution is 5.92. The molecule has 0 unspecified atom stereocenters. The number of anilines is 1. The van der Waals surface area contributed by atoms with E-state index >= 15 is 0 Å². The van der Waals surface area contributed by atoms with Crippen LogP contribution in [0.15, 0.2) is 18.2 Å². The smallest absolute Gasteiger partial charge is 0.224 e. The normalized spacial score (nSPS) is 11.3. The average molecular weight is 296 g/mol. The lowest BCUT2D eigenvalue weighted by atomic mass is 9.84. The van der Waals surface area contributed by atoms with Gasteiger partial charge in [-0.2, -0.15) is 0 Å². The largest absolute Gasteiger partial charge is 0.492 e. The molecule has 118 valence electrons. The number of nitrogens with two attached hydrogens (primary N) is 1. The monoisotopic (exact) mass is 296 g/mol. The first kappa shape index (κ1) is 17.4. The predicted octanol–water partition coefficient (Wildman–Crippen LogP) is 3.32. The Hall–Kier alpha value is -1.62. The SMILES string of the molecule is CCOc1cc(F)ccc1NC(=O)CCC(C)(C)CCN. The molecule has 0 spiro atoms. The van der Waals surface area contributed by atoms with Gasteiger partial charge in [-0.15, -0.1) is 0 Å². The third-order valence-electron chi connectivity index (χ3n) is 3.37. The molecule has 0 saturated carbocycles. The van der Waals surface area contributed by atoms with Crippen LogP contribution in [0.5, 0.6) is 5.75 Å². The maximum Gasteiger partial charge on any atom is 0.224 e. The topological polar surface area (TPSA) is 64.3 Å². The predicted molar refractivity (Wildman–Crippen MR) is 82.9 cm³/mol. The second-order valence-electron chi connectivity index (χ2n) is 5.82. The third-order valence-corrected chi connectivity index (χ3v) is 3.37. The average Bonchev–Trinajstić information content (AvgIpc) is 2.40. The van der Waals surface area contributed by atoms with Crippen LogP contribution in [0.1, 0.15) is 40.0 Å². The molecule has 0 aliphatic heterocycles. The lowest BCUT2D eigenvalue weighted by Gasteiger charge is -2.23. The zero-order chi connectivity index (χ0) is 15.9. The van der Waals surface area contributed by atoms with Crippen molar-refractivity contribution in [2.24, 2.45) is 11.1 Å². The number of amides is 1. The molecule has 0 saturated heterocycles. The molecule has 0 radical (unpaired) electrons. The van der Waals surface area contributed by atoms with E-state index in [-0.39, 0.29) is 17.1 Å². The molecular weight excluding hydrogens is 271 g/mol. The van der Waals surface area contributed by atoms with Gasteiger partial charge in [-0.05, 0) is 43.9 Å². The highest BCUT2D eigenvalue weighted by Crippen LogP contribution is 2.28. The zero-order valence-corrected chi connectivity index (χ0v) is 13.0. The summed E-state index contributed by atoms with van der Waals surface area (Å²) in [6.45, 7) is 7.02. The van der Waals surface area contributed by atoms with Crippen LogP contribution in [-0.4, -0.2) is 19.1 Å². The fourth-order valence-electron chi connectivity index (χ4n) is 2.05. The minimum absolute atomic E-state index is 0.0393. The van der Waals surface area contributed by atoms with Crippen LogP contribution >= 0.6 is 0 Å². The van der Waals surface area contributed by atoms with E-state index in [1.54, 1.807) is 0 Å². The molecule has 1 rings (SSSR count). The van der Waals surface area contributed by atoms with Crippen molar-refractivity contribution < 1.29 is 13.9 Å². The summed E-state index contributed by atoms with van der Waals surface area (Å²) in [6, 6.07) is 4.09. The summed E-state index contributed by atoms with van der Waals surface area (Å²) in [6.07, 6.45) is 2.03. The number of hydrogen-bond donors (Lipinski definition) is 2. The van der Waals surface area contributed by atoms with Crippen LogP contribution in [0.3, 0.4) is 0 Å². The molecule has 0 aromatic heterocycles. The van der Waals surface area contributed by atoms with Crippen molar-refractivity contribution in [3.63, 3.8) is 0 Å². The van der Waals surface area contributed by atoms with Crippen LogP contribution in [0.25, 0.3) is 0 Å². The van der Waals surface area contributed by atoms with Gasteiger partial charge in [0.05, 0.1) is 12.3 Å². The van der Waals surface area contributed by atoms with Gasteiger partial charge in [0.2, 0.25) is 5.91 Å². The van der Waals surface area contributed by atoms with Gasteiger partial charge in [0.1, 0.15) is 11.6 Å². The quantitative estimate of drug-likeness (QED) is 0.773. The first-order chi connectivity index (χ1) is 9.88. The molecule has 1 amide bonds. The van der Waals surface area contributed by atoms with Crippen molar-refractivity contribution >= 4 is 11.6 Å². The molecule has 0 fully saturated rings. The summed E-state index contributed by atoms with van der Waals surface area (Å²) in [5.74, 6) is -0.139. The van der Waals surface area contributed by atoms with Crippen LogP contribution in [0.4, 0.5) is 10.1 Å². The van der Waals surface area contributed by atoms with Crippen LogP contribution in [-0.2, 0) is 4.79 Å². The standard InChI is InChI=1S/C16H25FN2O2/c1-4-21-14-11-12(17)5-6-13(14)19-15(20)7-8-16(2,3)9-10-18/h5-6,11H,4,7-10,18H2,1-3H3,(H,19,20). The van der Waals surface area contributed by atoms with E-state index in [9.17, 15) is 9.18 Å². The maximum absolute atomic E-state index is 13.2. The molecule has 1 aromatic carbocycles. The Kier molecular flexibility index (Phi) is 6.62. The maximum atomic E-state index is 13.2. The van der Waals surface area contributed by atoms with Gasteiger partial charge < -0.3 is 15.8 Å². The molecule has 21 heavy (non-hydrogen) atoms. The highest BCUT2D eigenvalue weighted by Gasteiger charge is 2.19. The second kappa shape index (κ2) is 7.98. The highest BCUT2D eigenvalue weighted by atomic mass is 19.1. The molecule has 0 bridgehead atoms. The molecule has 5 heteroatoms. The minimum Gasteiger partial charge on any atom is -0.492 e. The molecule has 0 heterocycles. The van der Waals surface area contributed by atoms with Crippen molar-refractivity contribution in [3.8, 4) is 5.75 Å². The lowest BCUT2D eigenvalue weighted by molar-refractivity contribution is -0.116. The summed E-state index contributed by atoms with van der Waals surface area (Å²) < 4.78 is 18.5. The Morgan fingerprint density at radius 1 is 1.38 bits per heavy atom. The van der Waals surface area contributed by atoms with Gasteiger partial charge in [-0.25, -0.2) is 4.39 Å². The zero-order valence-electron chi connectivity index (χ0n) is 13.0. The summed E-state index contributed by atoms with van der Waals surface area (Å²) in [7, 11) is 0. The Morgan fingerprint density at radius 2 is 2.10 bits per heavy atom. The van der Waals surface area contributed by atoms with Gasteiger partial charge in [0.25, 0.3) is 0 Å². The fourth-order valence-corrected chi connectivity index (χ4v) is 2.05. The van der Waals surface area contributed by atoms with Crippen LogP contribution in [0, 0.1) is 11.2 Å². The Labute approximate surface area is 125 Å². The van der Waals surface area contributed by atoms with Crippen LogP contribution in [0.2, 0.25) is 0 Å². The molecule has 0 aliphatic carbocycles. The fraction of sp³-hybridized carbons (Fsp3) is 0.562. The van der Waals surface area contributed by atoms with Gasteiger partial charge in [-0.1, -0.05) is 13.8 Å². The number of nitrogens with one attached hydrogen (secondary N) is 1.